The molecule has 0 fully saturated rings. The topological polar surface area (TPSA) is 40.5 Å². The van der Waals surface area contributed by atoms with Crippen LogP contribution in [0.15, 0.2) is 22.7 Å². The number of benzene rings is 1. The second-order valence-electron chi connectivity index (χ2n) is 3.06. The van der Waals surface area contributed by atoms with Crippen molar-refractivity contribution >= 4 is 15.9 Å². The third kappa shape index (κ3) is 2.27. The number of aliphatic hydroxyl groups excluding tert-OH is 1. The number of aliphatic hydroxyl groups is 2. The molecule has 2 N–H and O–H groups in total. The molecule has 2 nitrogen and oxygen atoms in total. The van der Waals surface area contributed by atoms with Crippen LogP contribution in [0.5, 0.6) is 0 Å². The van der Waals surface area contributed by atoms with Crippen LogP contribution in [0.1, 0.15) is 12.5 Å². The Hall–Kier alpha value is -0.450. The first-order chi connectivity index (χ1) is 5.97. The van der Waals surface area contributed by atoms with E-state index in [1.54, 1.807) is 0 Å². The Labute approximate surface area is 84.1 Å². The molecule has 0 bridgehead atoms. The highest BCUT2D eigenvalue weighted by molar-refractivity contribution is 9.10. The fraction of sp³-hybridized carbons (Fsp3) is 0.333. The predicted octanol–water partition coefficient (Wildman–Crippen LogP) is 1.79. The Kier molecular flexibility index (Phi) is 3.05. The van der Waals surface area contributed by atoms with E-state index in [9.17, 15) is 9.50 Å². The van der Waals surface area contributed by atoms with Crippen molar-refractivity contribution in [1.29, 1.82) is 0 Å². The van der Waals surface area contributed by atoms with Gasteiger partial charge in [-0.3, -0.25) is 0 Å². The molecule has 1 aromatic carbocycles. The summed E-state index contributed by atoms with van der Waals surface area (Å²) in [5.74, 6) is -0.391. The summed E-state index contributed by atoms with van der Waals surface area (Å²) in [5.41, 5.74) is -0.848. The van der Waals surface area contributed by atoms with Crippen LogP contribution in [0.3, 0.4) is 0 Å². The van der Waals surface area contributed by atoms with Crippen LogP contribution >= 0.6 is 15.9 Å². The van der Waals surface area contributed by atoms with Crippen LogP contribution in [-0.4, -0.2) is 16.8 Å². The van der Waals surface area contributed by atoms with E-state index in [-0.39, 0.29) is 4.47 Å². The molecule has 4 heteroatoms. The number of hydrogen-bond donors (Lipinski definition) is 2. The van der Waals surface area contributed by atoms with Crippen molar-refractivity contribution in [3.05, 3.63) is 34.1 Å². The molecule has 0 aromatic heterocycles. The number of hydrogen-bond acceptors (Lipinski definition) is 2. The van der Waals surface area contributed by atoms with Gasteiger partial charge in [-0.15, -0.1) is 0 Å². The van der Waals surface area contributed by atoms with E-state index in [1.807, 2.05) is 0 Å². The lowest BCUT2D eigenvalue weighted by Crippen LogP contribution is -2.25. The molecule has 0 amide bonds. The first-order valence-corrected chi connectivity index (χ1v) is 4.55. The van der Waals surface area contributed by atoms with E-state index in [4.69, 9.17) is 5.11 Å². The van der Waals surface area contributed by atoms with E-state index in [2.05, 4.69) is 15.9 Å². The molecule has 1 aromatic rings. The van der Waals surface area contributed by atoms with Crippen molar-refractivity contribution in [1.82, 2.24) is 0 Å². The largest absolute Gasteiger partial charge is 0.393 e. The fourth-order valence-corrected chi connectivity index (χ4v) is 1.30. The zero-order valence-electron chi connectivity index (χ0n) is 7.09. The Balaban J connectivity index is 3.10. The third-order valence-electron chi connectivity index (χ3n) is 1.85. The summed E-state index contributed by atoms with van der Waals surface area (Å²) >= 11 is 3.00. The van der Waals surface area contributed by atoms with Crippen LogP contribution in [-0.2, 0) is 5.60 Å². The SMILES string of the molecule is CC(O)(CO)c1ccc(F)c(Br)c1. The highest BCUT2D eigenvalue weighted by Crippen LogP contribution is 2.24. The van der Waals surface area contributed by atoms with Crippen molar-refractivity contribution < 1.29 is 14.6 Å². The van der Waals surface area contributed by atoms with Gasteiger partial charge in [0.1, 0.15) is 11.4 Å². The highest BCUT2D eigenvalue weighted by Gasteiger charge is 2.22. The van der Waals surface area contributed by atoms with E-state index in [0.717, 1.165) is 0 Å². The maximum Gasteiger partial charge on any atom is 0.137 e. The van der Waals surface area contributed by atoms with Crippen LogP contribution in [0.25, 0.3) is 0 Å². The van der Waals surface area contributed by atoms with Gasteiger partial charge >= 0.3 is 0 Å². The smallest absolute Gasteiger partial charge is 0.137 e. The van der Waals surface area contributed by atoms with Crippen molar-refractivity contribution in [2.75, 3.05) is 6.61 Å². The van der Waals surface area contributed by atoms with Gasteiger partial charge in [-0.25, -0.2) is 4.39 Å². The molecule has 1 rings (SSSR count). The minimum atomic E-state index is -1.32. The van der Waals surface area contributed by atoms with Gasteiger partial charge < -0.3 is 10.2 Å². The molecule has 0 saturated carbocycles. The molecule has 72 valence electrons. The summed E-state index contributed by atoms with van der Waals surface area (Å²) in [4.78, 5) is 0. The monoisotopic (exact) mass is 248 g/mol. The predicted molar refractivity (Wildman–Crippen MR) is 50.8 cm³/mol. The van der Waals surface area contributed by atoms with E-state index in [1.165, 1.54) is 25.1 Å². The molecule has 0 heterocycles. The van der Waals surface area contributed by atoms with Crippen molar-refractivity contribution in [2.24, 2.45) is 0 Å². The summed E-state index contributed by atoms with van der Waals surface area (Å²) in [5, 5.41) is 18.5. The molecule has 13 heavy (non-hydrogen) atoms. The standard InChI is InChI=1S/C9H10BrFO2/c1-9(13,5-12)6-2-3-8(11)7(10)4-6/h2-4,12-13H,5H2,1H3. The van der Waals surface area contributed by atoms with Crippen molar-refractivity contribution in [2.45, 2.75) is 12.5 Å². The summed E-state index contributed by atoms with van der Waals surface area (Å²) < 4.78 is 13.1. The lowest BCUT2D eigenvalue weighted by Gasteiger charge is -2.20. The van der Waals surface area contributed by atoms with Gasteiger partial charge in [0, 0.05) is 0 Å². The lowest BCUT2D eigenvalue weighted by molar-refractivity contribution is -0.00237. The van der Waals surface area contributed by atoms with Gasteiger partial charge in [0.05, 0.1) is 11.1 Å². The Morgan fingerprint density at radius 3 is 2.62 bits per heavy atom. The molecular formula is C9H10BrFO2. The average Bonchev–Trinajstić information content (AvgIpc) is 2.09. The molecule has 0 spiro atoms. The van der Waals surface area contributed by atoms with E-state index < -0.39 is 18.0 Å². The summed E-state index contributed by atoms with van der Waals surface area (Å²) in [7, 11) is 0. The molecule has 0 saturated heterocycles. The first kappa shape index (κ1) is 10.6. The number of rotatable bonds is 2. The Morgan fingerprint density at radius 1 is 1.54 bits per heavy atom. The van der Waals surface area contributed by atoms with Gasteiger partial charge in [-0.1, -0.05) is 6.07 Å². The summed E-state index contributed by atoms with van der Waals surface area (Å²) in [6, 6.07) is 4.13. The van der Waals surface area contributed by atoms with Gasteiger partial charge in [-0.2, -0.15) is 0 Å². The van der Waals surface area contributed by atoms with E-state index in [0.29, 0.717) is 5.56 Å². The molecule has 1 unspecified atom stereocenters. The minimum Gasteiger partial charge on any atom is -0.393 e. The summed E-state index contributed by atoms with van der Waals surface area (Å²) in [6.45, 7) is 1.07. The molecule has 1 atom stereocenters. The molecular weight excluding hydrogens is 239 g/mol. The normalized spacial score (nSPS) is 15.5. The minimum absolute atomic E-state index is 0.277. The summed E-state index contributed by atoms with van der Waals surface area (Å²) in [6.07, 6.45) is 0. The average molecular weight is 249 g/mol. The van der Waals surface area contributed by atoms with Gasteiger partial charge in [0.15, 0.2) is 0 Å². The van der Waals surface area contributed by atoms with Crippen LogP contribution in [0, 0.1) is 5.82 Å². The number of halogens is 2. The van der Waals surface area contributed by atoms with Crippen LogP contribution < -0.4 is 0 Å². The lowest BCUT2D eigenvalue weighted by atomic mass is 9.97. The third-order valence-corrected chi connectivity index (χ3v) is 2.46. The molecule has 0 aliphatic rings. The quantitative estimate of drug-likeness (QED) is 0.838. The fourth-order valence-electron chi connectivity index (χ4n) is 0.922. The molecule has 0 aliphatic heterocycles. The van der Waals surface area contributed by atoms with Crippen LogP contribution in [0.4, 0.5) is 4.39 Å². The molecule has 0 aliphatic carbocycles. The Bertz CT molecular complexity index is 312. The highest BCUT2D eigenvalue weighted by atomic mass is 79.9. The maximum atomic E-state index is 12.8. The van der Waals surface area contributed by atoms with Crippen LogP contribution in [0.2, 0.25) is 0 Å². The molecule has 0 radical (unpaired) electrons. The van der Waals surface area contributed by atoms with Gasteiger partial charge in [-0.05, 0) is 40.5 Å². The van der Waals surface area contributed by atoms with Crippen molar-refractivity contribution in [3.8, 4) is 0 Å². The second kappa shape index (κ2) is 3.74. The first-order valence-electron chi connectivity index (χ1n) is 3.76. The van der Waals surface area contributed by atoms with E-state index >= 15 is 0 Å². The maximum absolute atomic E-state index is 12.8. The van der Waals surface area contributed by atoms with Gasteiger partial charge in [0.2, 0.25) is 0 Å². The second-order valence-corrected chi connectivity index (χ2v) is 3.92. The zero-order valence-corrected chi connectivity index (χ0v) is 8.68. The zero-order chi connectivity index (χ0) is 10.1. The van der Waals surface area contributed by atoms with Gasteiger partial charge in [0.25, 0.3) is 0 Å². The van der Waals surface area contributed by atoms with Crippen molar-refractivity contribution in [3.63, 3.8) is 0 Å². The Morgan fingerprint density at radius 2 is 2.15 bits per heavy atom.